The minimum atomic E-state index is -0.180. The van der Waals surface area contributed by atoms with Crippen molar-refractivity contribution in [3.05, 3.63) is 89.8 Å². The van der Waals surface area contributed by atoms with Crippen LogP contribution in [-0.4, -0.2) is 24.5 Å². The van der Waals surface area contributed by atoms with Crippen molar-refractivity contribution in [1.82, 2.24) is 4.98 Å². The number of oxazole rings is 1. The van der Waals surface area contributed by atoms with Gasteiger partial charge in [-0.05, 0) is 67.1 Å². The number of hydrogen-bond donors (Lipinski definition) is 0. The molecule has 0 aliphatic rings. The summed E-state index contributed by atoms with van der Waals surface area (Å²) in [6.07, 6.45) is 1.78. The van der Waals surface area contributed by atoms with Crippen molar-refractivity contribution in [2.45, 2.75) is 6.92 Å². The Labute approximate surface area is 174 Å². The van der Waals surface area contributed by atoms with Crippen LogP contribution >= 0.6 is 0 Å². The predicted octanol–water partition coefficient (Wildman–Crippen LogP) is 5.66. The first-order valence-corrected chi connectivity index (χ1v) is 9.67. The van der Waals surface area contributed by atoms with Crippen LogP contribution in [-0.2, 0) is 0 Å². The fraction of sp³-hybridized carbons (Fsp3) is 0.120. The predicted molar refractivity (Wildman–Crippen MR) is 117 cm³/mol. The molecule has 150 valence electrons. The first kappa shape index (κ1) is 19.5. The number of para-hydroxylation sites is 2. The fourth-order valence-electron chi connectivity index (χ4n) is 3.10. The summed E-state index contributed by atoms with van der Waals surface area (Å²) in [6, 6.07) is 22.0. The maximum Gasteiger partial charge on any atom is 0.231 e. The molecule has 0 N–H and O–H groups in total. The van der Waals surface area contributed by atoms with Gasteiger partial charge in [0.1, 0.15) is 17.0 Å². The van der Waals surface area contributed by atoms with Crippen molar-refractivity contribution in [3.8, 4) is 11.5 Å². The Morgan fingerprint density at radius 2 is 1.67 bits per heavy atom. The Kier molecular flexibility index (Phi) is 5.61. The standard InChI is InChI=1S/C25H21NO4/c1-3-29-20-14-10-18(11-15-20)24(27)21(16-17-8-12-19(28-2)13-9-17)25-26-22-6-4-5-7-23(22)30-25/h4-16H,3H2,1-2H3. The Morgan fingerprint density at radius 1 is 0.967 bits per heavy atom. The largest absolute Gasteiger partial charge is 0.497 e. The van der Waals surface area contributed by atoms with Crippen molar-refractivity contribution in [3.63, 3.8) is 0 Å². The number of methoxy groups -OCH3 is 1. The average Bonchev–Trinajstić information content (AvgIpc) is 3.22. The number of nitrogens with zero attached hydrogens (tertiary/aromatic N) is 1. The molecule has 1 aromatic heterocycles. The van der Waals surface area contributed by atoms with Crippen LogP contribution in [0.5, 0.6) is 11.5 Å². The van der Waals surface area contributed by atoms with E-state index in [2.05, 4.69) is 4.98 Å². The summed E-state index contributed by atoms with van der Waals surface area (Å²) in [7, 11) is 1.62. The lowest BCUT2D eigenvalue weighted by molar-refractivity contribution is 0.105. The molecule has 30 heavy (non-hydrogen) atoms. The molecule has 0 radical (unpaired) electrons. The van der Waals surface area contributed by atoms with Gasteiger partial charge in [-0.3, -0.25) is 4.79 Å². The van der Waals surface area contributed by atoms with Crippen LogP contribution < -0.4 is 9.47 Å². The number of rotatable bonds is 7. The molecule has 5 nitrogen and oxygen atoms in total. The van der Waals surface area contributed by atoms with Crippen molar-refractivity contribution in [2.75, 3.05) is 13.7 Å². The van der Waals surface area contributed by atoms with Gasteiger partial charge in [-0.1, -0.05) is 24.3 Å². The summed E-state index contributed by atoms with van der Waals surface area (Å²) in [6.45, 7) is 2.49. The number of fused-ring (bicyclic) bond motifs is 1. The van der Waals surface area contributed by atoms with E-state index in [1.807, 2.05) is 55.5 Å². The van der Waals surface area contributed by atoms with Gasteiger partial charge >= 0.3 is 0 Å². The zero-order chi connectivity index (χ0) is 20.9. The third-order valence-corrected chi connectivity index (χ3v) is 4.62. The minimum absolute atomic E-state index is 0.180. The number of ketones is 1. The Balaban J connectivity index is 1.77. The minimum Gasteiger partial charge on any atom is -0.497 e. The van der Waals surface area contributed by atoms with Crippen LogP contribution in [0.15, 0.2) is 77.2 Å². The molecule has 0 bridgehead atoms. The summed E-state index contributed by atoms with van der Waals surface area (Å²) in [5.74, 6) is 1.57. The molecule has 0 aliphatic carbocycles. The van der Waals surface area contributed by atoms with Gasteiger partial charge in [0, 0.05) is 5.56 Å². The summed E-state index contributed by atoms with van der Waals surface area (Å²) in [5, 5.41) is 0. The highest BCUT2D eigenvalue weighted by Gasteiger charge is 2.20. The highest BCUT2D eigenvalue weighted by Crippen LogP contribution is 2.27. The van der Waals surface area contributed by atoms with Crippen molar-refractivity contribution >= 4 is 28.5 Å². The van der Waals surface area contributed by atoms with Crippen LogP contribution in [0.2, 0.25) is 0 Å². The molecule has 0 amide bonds. The van der Waals surface area contributed by atoms with Crippen LogP contribution in [0, 0.1) is 0 Å². The molecule has 0 aliphatic heterocycles. The molecule has 0 fully saturated rings. The van der Waals surface area contributed by atoms with E-state index in [9.17, 15) is 4.79 Å². The Hall–Kier alpha value is -3.86. The lowest BCUT2D eigenvalue weighted by Crippen LogP contribution is -2.03. The number of ether oxygens (including phenoxy) is 2. The maximum atomic E-state index is 13.4. The maximum absolute atomic E-state index is 13.4. The molecule has 1 heterocycles. The third kappa shape index (κ3) is 4.10. The van der Waals surface area contributed by atoms with E-state index in [0.717, 1.165) is 17.1 Å². The second kappa shape index (κ2) is 8.66. The van der Waals surface area contributed by atoms with E-state index >= 15 is 0 Å². The fourth-order valence-corrected chi connectivity index (χ4v) is 3.10. The van der Waals surface area contributed by atoms with E-state index < -0.39 is 0 Å². The topological polar surface area (TPSA) is 61.6 Å². The second-order valence-corrected chi connectivity index (χ2v) is 6.60. The van der Waals surface area contributed by atoms with Crippen LogP contribution in [0.1, 0.15) is 28.7 Å². The lowest BCUT2D eigenvalue weighted by atomic mass is 10.0. The van der Waals surface area contributed by atoms with Crippen molar-refractivity contribution in [1.29, 1.82) is 0 Å². The molecule has 0 atom stereocenters. The zero-order valence-corrected chi connectivity index (χ0v) is 16.8. The first-order chi connectivity index (χ1) is 14.7. The summed E-state index contributed by atoms with van der Waals surface area (Å²) in [4.78, 5) is 17.9. The number of carbonyl (C=O) groups is 1. The molecule has 0 saturated carbocycles. The highest BCUT2D eigenvalue weighted by molar-refractivity contribution is 6.31. The number of carbonyl (C=O) groups excluding carboxylic acids is 1. The van der Waals surface area contributed by atoms with E-state index in [4.69, 9.17) is 13.9 Å². The number of allylic oxidation sites excluding steroid dienone is 1. The number of benzene rings is 3. The summed E-state index contributed by atoms with van der Waals surface area (Å²) in [5.41, 5.74) is 3.08. The van der Waals surface area contributed by atoms with Gasteiger partial charge in [0.05, 0.1) is 19.3 Å². The monoisotopic (exact) mass is 399 g/mol. The number of hydrogen-bond acceptors (Lipinski definition) is 5. The highest BCUT2D eigenvalue weighted by atomic mass is 16.5. The number of aromatic nitrogens is 1. The van der Waals surface area contributed by atoms with Crippen LogP contribution in [0.4, 0.5) is 0 Å². The van der Waals surface area contributed by atoms with Crippen molar-refractivity contribution in [2.24, 2.45) is 0 Å². The van der Waals surface area contributed by atoms with Crippen LogP contribution in [0.3, 0.4) is 0 Å². The summed E-state index contributed by atoms with van der Waals surface area (Å²) < 4.78 is 16.6. The summed E-state index contributed by atoms with van der Waals surface area (Å²) >= 11 is 0. The van der Waals surface area contributed by atoms with Gasteiger partial charge < -0.3 is 13.9 Å². The zero-order valence-electron chi connectivity index (χ0n) is 16.8. The quantitative estimate of drug-likeness (QED) is 0.296. The van der Waals surface area contributed by atoms with E-state index in [1.165, 1.54) is 0 Å². The molecule has 0 spiro atoms. The van der Waals surface area contributed by atoms with Crippen LogP contribution in [0.25, 0.3) is 22.7 Å². The third-order valence-electron chi connectivity index (χ3n) is 4.62. The van der Waals surface area contributed by atoms with Gasteiger partial charge in [0.2, 0.25) is 5.89 Å². The second-order valence-electron chi connectivity index (χ2n) is 6.60. The van der Waals surface area contributed by atoms with Gasteiger partial charge in [-0.25, -0.2) is 4.98 Å². The van der Waals surface area contributed by atoms with Gasteiger partial charge in [-0.15, -0.1) is 0 Å². The van der Waals surface area contributed by atoms with E-state index in [1.54, 1.807) is 37.5 Å². The average molecular weight is 399 g/mol. The molecule has 3 aromatic carbocycles. The molecule has 5 heteroatoms. The molecular formula is C25H21NO4. The van der Waals surface area contributed by atoms with E-state index in [0.29, 0.717) is 28.8 Å². The normalized spacial score (nSPS) is 11.5. The molecular weight excluding hydrogens is 378 g/mol. The molecule has 0 saturated heterocycles. The lowest BCUT2D eigenvalue weighted by Gasteiger charge is -2.07. The SMILES string of the molecule is CCOc1ccc(C(=O)C(=Cc2ccc(OC)cc2)c2nc3ccccc3o2)cc1. The van der Waals surface area contributed by atoms with Crippen molar-refractivity contribution < 1.29 is 18.7 Å². The Bertz CT molecular complexity index is 1160. The van der Waals surface area contributed by atoms with Gasteiger partial charge in [0.25, 0.3) is 0 Å². The molecule has 4 aromatic rings. The number of Topliss-reactive ketones (excluding diaryl/α,β-unsaturated/α-hetero) is 1. The smallest absolute Gasteiger partial charge is 0.231 e. The molecule has 4 rings (SSSR count). The first-order valence-electron chi connectivity index (χ1n) is 9.67. The Morgan fingerprint density at radius 3 is 2.33 bits per heavy atom. The van der Waals surface area contributed by atoms with Gasteiger partial charge in [-0.2, -0.15) is 0 Å². The molecule has 0 unspecified atom stereocenters. The van der Waals surface area contributed by atoms with Gasteiger partial charge in [0.15, 0.2) is 11.4 Å². The van der Waals surface area contributed by atoms with E-state index in [-0.39, 0.29) is 11.7 Å².